The van der Waals surface area contributed by atoms with Crippen LogP contribution in [0.1, 0.15) is 153 Å². The SMILES string of the molecule is CCCCCCCCCCCCc1ccc2c3cc(Br)ccc3n(-c3ccc(-c4ccc(-n5c6ccc(Br)cc6c6ccc(CCCCCCCCCCCC)cc65)cc4)cc3)c2c1. The smallest absolute Gasteiger partial charge is 0.0543 e. The van der Waals surface area contributed by atoms with Crippen molar-refractivity contribution in [2.75, 3.05) is 0 Å². The van der Waals surface area contributed by atoms with Crippen LogP contribution in [0.3, 0.4) is 0 Å². The number of rotatable bonds is 25. The predicted octanol–water partition coefficient (Wildman–Crippen LogP) is 20.0. The second-order valence-electron chi connectivity index (χ2n) is 18.7. The zero-order chi connectivity index (χ0) is 44.1. The zero-order valence-corrected chi connectivity index (χ0v) is 41.9. The van der Waals surface area contributed by atoms with Crippen LogP contribution in [0, 0.1) is 0 Å². The van der Waals surface area contributed by atoms with Crippen LogP contribution in [0.2, 0.25) is 0 Å². The van der Waals surface area contributed by atoms with Gasteiger partial charge >= 0.3 is 0 Å². The van der Waals surface area contributed by atoms with Crippen molar-refractivity contribution >= 4 is 75.5 Å². The predicted molar refractivity (Wildman–Crippen MR) is 287 cm³/mol. The molecule has 2 aromatic heterocycles. The summed E-state index contributed by atoms with van der Waals surface area (Å²) in [5.74, 6) is 0. The lowest BCUT2D eigenvalue weighted by Gasteiger charge is -2.12. The van der Waals surface area contributed by atoms with E-state index in [1.807, 2.05) is 0 Å². The Kier molecular flexibility index (Phi) is 16.9. The normalized spacial score (nSPS) is 11.9. The topological polar surface area (TPSA) is 9.86 Å². The van der Waals surface area contributed by atoms with Crippen molar-refractivity contribution in [3.05, 3.63) is 141 Å². The molecule has 0 radical (unpaired) electrons. The van der Waals surface area contributed by atoms with Crippen LogP contribution in [0.15, 0.2) is 130 Å². The summed E-state index contributed by atoms with van der Waals surface area (Å²) < 4.78 is 7.17. The first-order chi connectivity index (χ1) is 31.5. The van der Waals surface area contributed by atoms with Gasteiger partial charge in [0.25, 0.3) is 0 Å². The van der Waals surface area contributed by atoms with E-state index in [1.54, 1.807) is 0 Å². The highest BCUT2D eigenvalue weighted by Crippen LogP contribution is 2.37. The summed E-state index contributed by atoms with van der Waals surface area (Å²) in [4.78, 5) is 0. The lowest BCUT2D eigenvalue weighted by molar-refractivity contribution is 0.556. The fourth-order valence-electron chi connectivity index (χ4n) is 10.2. The van der Waals surface area contributed by atoms with Gasteiger partial charge in [-0.3, -0.25) is 0 Å². The van der Waals surface area contributed by atoms with Gasteiger partial charge in [-0.05, 0) is 121 Å². The van der Waals surface area contributed by atoms with Gasteiger partial charge in [-0.15, -0.1) is 0 Å². The van der Waals surface area contributed by atoms with Gasteiger partial charge in [-0.25, -0.2) is 0 Å². The quantitative estimate of drug-likeness (QED) is 0.0505. The molecule has 2 nitrogen and oxygen atoms in total. The molecule has 0 atom stereocenters. The molecule has 2 heterocycles. The van der Waals surface area contributed by atoms with E-state index in [4.69, 9.17) is 0 Å². The van der Waals surface area contributed by atoms with Gasteiger partial charge in [0.05, 0.1) is 22.1 Å². The first-order valence-electron chi connectivity index (χ1n) is 25.2. The molecule has 4 heteroatoms. The molecule has 8 rings (SSSR count). The summed E-state index contributed by atoms with van der Waals surface area (Å²) in [6, 6.07) is 46.2. The fourth-order valence-corrected chi connectivity index (χ4v) is 10.9. The van der Waals surface area contributed by atoms with Gasteiger partial charge in [0.1, 0.15) is 0 Å². The number of nitrogens with zero attached hydrogens (tertiary/aromatic N) is 2. The Morgan fingerprint density at radius 1 is 0.312 bits per heavy atom. The minimum absolute atomic E-state index is 1.12. The van der Waals surface area contributed by atoms with Crippen LogP contribution in [-0.2, 0) is 12.8 Å². The van der Waals surface area contributed by atoms with Gasteiger partial charge in [-0.2, -0.15) is 0 Å². The van der Waals surface area contributed by atoms with Crippen LogP contribution in [0.25, 0.3) is 66.1 Å². The first-order valence-corrected chi connectivity index (χ1v) is 26.8. The van der Waals surface area contributed by atoms with Crippen molar-refractivity contribution in [1.82, 2.24) is 9.13 Å². The fraction of sp³-hybridized carbons (Fsp3) is 0.400. The van der Waals surface area contributed by atoms with Crippen molar-refractivity contribution in [3.8, 4) is 22.5 Å². The second kappa shape index (κ2) is 23.4. The molecule has 0 amide bonds. The number of hydrogen-bond donors (Lipinski definition) is 0. The zero-order valence-electron chi connectivity index (χ0n) is 38.8. The molecule has 0 aliphatic carbocycles. The third kappa shape index (κ3) is 11.5. The number of unbranched alkanes of at least 4 members (excludes halogenated alkanes) is 18. The van der Waals surface area contributed by atoms with Crippen LogP contribution >= 0.6 is 31.9 Å². The minimum Gasteiger partial charge on any atom is -0.309 e. The van der Waals surface area contributed by atoms with E-state index in [0.29, 0.717) is 0 Å². The molecule has 64 heavy (non-hydrogen) atoms. The molecule has 0 N–H and O–H groups in total. The van der Waals surface area contributed by atoms with Crippen LogP contribution in [0.5, 0.6) is 0 Å². The van der Waals surface area contributed by atoms with Crippen LogP contribution in [0.4, 0.5) is 0 Å². The highest BCUT2D eigenvalue weighted by Gasteiger charge is 2.16. The molecule has 0 unspecified atom stereocenters. The highest BCUT2D eigenvalue weighted by molar-refractivity contribution is 9.10. The van der Waals surface area contributed by atoms with E-state index in [2.05, 4.69) is 176 Å². The van der Waals surface area contributed by atoms with Crippen molar-refractivity contribution in [3.63, 3.8) is 0 Å². The van der Waals surface area contributed by atoms with E-state index >= 15 is 0 Å². The first kappa shape index (κ1) is 46.4. The summed E-state index contributed by atoms with van der Waals surface area (Å²) in [5, 5.41) is 5.20. The molecule has 0 saturated heterocycles. The van der Waals surface area contributed by atoms with Gasteiger partial charge < -0.3 is 9.13 Å². The van der Waals surface area contributed by atoms with E-state index in [9.17, 15) is 0 Å². The van der Waals surface area contributed by atoms with Gasteiger partial charge in [0, 0.05) is 41.9 Å². The Bertz CT molecular complexity index is 2530. The largest absolute Gasteiger partial charge is 0.309 e. The van der Waals surface area contributed by atoms with Crippen molar-refractivity contribution in [2.24, 2.45) is 0 Å². The summed E-state index contributed by atoms with van der Waals surface area (Å²) in [6.07, 6.45) is 29.6. The van der Waals surface area contributed by atoms with Crippen LogP contribution in [-0.4, -0.2) is 9.13 Å². The maximum atomic E-state index is 3.77. The average molecular weight is 979 g/mol. The number of aromatic nitrogens is 2. The maximum absolute atomic E-state index is 3.77. The Balaban J connectivity index is 0.970. The minimum atomic E-state index is 1.12. The lowest BCUT2D eigenvalue weighted by atomic mass is 10.0. The third-order valence-corrected chi connectivity index (χ3v) is 14.8. The molecule has 334 valence electrons. The third-order valence-electron chi connectivity index (χ3n) is 13.8. The van der Waals surface area contributed by atoms with Gasteiger partial charge in [0.15, 0.2) is 0 Å². The summed E-state index contributed by atoms with van der Waals surface area (Å²) >= 11 is 7.53. The Morgan fingerprint density at radius 2 is 0.656 bits per heavy atom. The number of hydrogen-bond acceptors (Lipinski definition) is 0. The number of fused-ring (bicyclic) bond motifs is 6. The van der Waals surface area contributed by atoms with E-state index in [1.165, 1.54) is 206 Å². The van der Waals surface area contributed by atoms with Gasteiger partial charge in [-0.1, -0.05) is 210 Å². The van der Waals surface area contributed by atoms with E-state index in [0.717, 1.165) is 21.8 Å². The average Bonchev–Trinajstić information content (AvgIpc) is 3.81. The maximum Gasteiger partial charge on any atom is 0.0543 e. The Hall–Kier alpha value is -4.12. The number of benzene rings is 6. The van der Waals surface area contributed by atoms with E-state index in [-0.39, 0.29) is 0 Å². The van der Waals surface area contributed by atoms with Crippen molar-refractivity contribution < 1.29 is 0 Å². The van der Waals surface area contributed by atoms with E-state index < -0.39 is 0 Å². The molecular weight excluding hydrogens is 908 g/mol. The summed E-state index contributed by atoms with van der Waals surface area (Å²) in [7, 11) is 0. The molecule has 0 bridgehead atoms. The Morgan fingerprint density at radius 3 is 1.02 bits per heavy atom. The monoisotopic (exact) mass is 976 g/mol. The summed E-state index contributed by atoms with van der Waals surface area (Å²) in [5.41, 5.74) is 12.8. The lowest BCUT2D eigenvalue weighted by Crippen LogP contribution is -1.96. The molecule has 0 spiro atoms. The number of halogens is 2. The van der Waals surface area contributed by atoms with Crippen molar-refractivity contribution in [1.29, 1.82) is 0 Å². The molecule has 0 saturated carbocycles. The molecule has 0 aliphatic heterocycles. The van der Waals surface area contributed by atoms with Gasteiger partial charge in [0.2, 0.25) is 0 Å². The summed E-state index contributed by atoms with van der Waals surface area (Å²) in [6.45, 7) is 4.60. The highest BCUT2D eigenvalue weighted by atomic mass is 79.9. The van der Waals surface area contributed by atoms with Crippen LogP contribution < -0.4 is 0 Å². The molecule has 0 aliphatic rings. The van der Waals surface area contributed by atoms with Crippen molar-refractivity contribution in [2.45, 2.75) is 155 Å². The standard InChI is InChI=1S/C60H70Br2N2/c1-3-5-7-9-11-13-15-17-19-21-23-45-25-37-53-55-43-49(61)31-39-57(55)63(59(53)41-45)51-33-27-47(28-34-51)48-29-35-52(36-30-48)64-58-40-32-50(62)44-56(58)54-38-26-46(42-60(54)64)24-22-20-18-16-14-12-10-8-6-4-2/h25-44H,3-24H2,1-2H3. The molecular formula is C60H70Br2N2. The number of aryl methyl sites for hydroxylation is 2. The molecule has 8 aromatic rings. The molecule has 6 aromatic carbocycles. The second-order valence-corrected chi connectivity index (χ2v) is 20.5. The molecule has 0 fully saturated rings. The Labute approximate surface area is 401 Å².